The molecule has 154 valence electrons. The highest BCUT2D eigenvalue weighted by molar-refractivity contribution is 5.94. The van der Waals surface area contributed by atoms with E-state index in [2.05, 4.69) is 20.1 Å². The zero-order chi connectivity index (χ0) is 20.4. The van der Waals surface area contributed by atoms with Crippen LogP contribution in [0.5, 0.6) is 5.75 Å². The number of likely N-dealkylation sites (tertiary alicyclic amines) is 1. The highest BCUT2D eigenvalue weighted by Crippen LogP contribution is 2.28. The first-order chi connectivity index (χ1) is 14.0. The van der Waals surface area contributed by atoms with Crippen molar-refractivity contribution in [2.24, 2.45) is 0 Å². The lowest BCUT2D eigenvalue weighted by Gasteiger charge is -2.33. The van der Waals surface area contributed by atoms with Gasteiger partial charge in [-0.05, 0) is 38.8 Å². The van der Waals surface area contributed by atoms with Crippen LogP contribution in [0.25, 0.3) is 0 Å². The van der Waals surface area contributed by atoms with Gasteiger partial charge in [-0.25, -0.2) is 0 Å². The average molecular weight is 397 g/mol. The first-order valence-electron chi connectivity index (χ1n) is 10.2. The number of carbonyl (C=O) groups is 2. The van der Waals surface area contributed by atoms with Crippen LogP contribution in [0.3, 0.4) is 0 Å². The monoisotopic (exact) mass is 397 g/mol. The quantitative estimate of drug-likeness (QED) is 0.774. The molecule has 0 radical (unpaired) electrons. The molecule has 4 rings (SSSR count). The van der Waals surface area contributed by atoms with Crippen molar-refractivity contribution in [3.63, 3.8) is 0 Å². The largest absolute Gasteiger partial charge is 0.481 e. The third-order valence-corrected chi connectivity index (χ3v) is 5.72. The molecule has 1 N–H and O–H groups in total. The van der Waals surface area contributed by atoms with Gasteiger partial charge in [0, 0.05) is 37.7 Å². The van der Waals surface area contributed by atoms with E-state index in [1.807, 2.05) is 4.90 Å². The first-order valence-corrected chi connectivity index (χ1v) is 10.2. The van der Waals surface area contributed by atoms with E-state index in [-0.39, 0.29) is 11.7 Å². The summed E-state index contributed by atoms with van der Waals surface area (Å²) in [5.41, 5.74) is 0.579. The molecule has 0 aliphatic carbocycles. The van der Waals surface area contributed by atoms with Gasteiger partial charge >= 0.3 is 0 Å². The van der Waals surface area contributed by atoms with E-state index in [1.54, 1.807) is 31.2 Å². The highest BCUT2D eigenvalue weighted by atomic mass is 16.5. The number of ether oxygens (including phenoxy) is 1. The van der Waals surface area contributed by atoms with Gasteiger partial charge in [0.15, 0.2) is 11.9 Å². The topological polar surface area (TPSA) is 89.4 Å². The number of ketones is 1. The Labute approximate surface area is 170 Å². The summed E-state index contributed by atoms with van der Waals surface area (Å²) in [6.07, 6.45) is 1.16. The fourth-order valence-corrected chi connectivity index (χ4v) is 4.07. The van der Waals surface area contributed by atoms with Crippen molar-refractivity contribution in [2.45, 2.75) is 51.8 Å². The van der Waals surface area contributed by atoms with Crippen LogP contribution in [0.1, 0.15) is 54.6 Å². The maximum atomic E-state index is 12.8. The second-order valence-electron chi connectivity index (χ2n) is 7.75. The molecule has 29 heavy (non-hydrogen) atoms. The third-order valence-electron chi connectivity index (χ3n) is 5.72. The van der Waals surface area contributed by atoms with Gasteiger partial charge in [-0.3, -0.25) is 9.59 Å². The Morgan fingerprint density at radius 2 is 2.00 bits per heavy atom. The van der Waals surface area contributed by atoms with E-state index in [4.69, 9.17) is 4.74 Å². The van der Waals surface area contributed by atoms with Crippen molar-refractivity contribution in [1.82, 2.24) is 25.0 Å². The molecule has 8 heteroatoms. The summed E-state index contributed by atoms with van der Waals surface area (Å²) in [4.78, 5) is 26.2. The molecule has 2 aliphatic rings. The highest BCUT2D eigenvalue weighted by Gasteiger charge is 2.31. The molecule has 0 bridgehead atoms. The second-order valence-corrected chi connectivity index (χ2v) is 7.75. The number of hydrogen-bond donors (Lipinski definition) is 1. The second kappa shape index (κ2) is 8.32. The molecular weight excluding hydrogens is 370 g/mol. The number of nitrogens with zero attached hydrogens (tertiary/aromatic N) is 4. The molecule has 8 nitrogen and oxygen atoms in total. The number of carbonyl (C=O) groups excluding carboxylic acids is 2. The molecular formula is C21H27N5O3. The SMILES string of the molecule is CC(=O)c1cccc(OC(C)C(=O)N2CCC(c3nnc4n3CCNC4)CC2)c1. The Morgan fingerprint density at radius 3 is 2.76 bits per heavy atom. The van der Waals surface area contributed by atoms with E-state index in [9.17, 15) is 9.59 Å². The summed E-state index contributed by atoms with van der Waals surface area (Å²) in [6.45, 7) is 7.26. The van der Waals surface area contributed by atoms with Gasteiger partial charge in [0.25, 0.3) is 5.91 Å². The van der Waals surface area contributed by atoms with Crippen LogP contribution in [0.2, 0.25) is 0 Å². The lowest BCUT2D eigenvalue weighted by Crippen LogP contribution is -2.44. The van der Waals surface area contributed by atoms with Crippen LogP contribution in [0.15, 0.2) is 24.3 Å². The lowest BCUT2D eigenvalue weighted by molar-refractivity contribution is -0.139. The van der Waals surface area contributed by atoms with Gasteiger partial charge in [0.05, 0.1) is 6.54 Å². The summed E-state index contributed by atoms with van der Waals surface area (Å²) in [5.74, 6) is 2.88. The van der Waals surface area contributed by atoms with E-state index < -0.39 is 6.10 Å². The van der Waals surface area contributed by atoms with Gasteiger partial charge in [-0.15, -0.1) is 10.2 Å². The molecule has 2 aromatic rings. The van der Waals surface area contributed by atoms with E-state index in [0.29, 0.717) is 30.3 Å². The number of piperidine rings is 1. The fraction of sp³-hybridized carbons (Fsp3) is 0.524. The maximum Gasteiger partial charge on any atom is 0.263 e. The minimum Gasteiger partial charge on any atom is -0.481 e. The van der Waals surface area contributed by atoms with Gasteiger partial charge in [0.1, 0.15) is 17.4 Å². The van der Waals surface area contributed by atoms with Gasteiger partial charge in [-0.2, -0.15) is 0 Å². The molecule has 0 spiro atoms. The molecule has 3 heterocycles. The molecule has 1 saturated heterocycles. The minimum absolute atomic E-state index is 0.0239. The van der Waals surface area contributed by atoms with Crippen LogP contribution in [-0.2, 0) is 17.9 Å². The lowest BCUT2D eigenvalue weighted by atomic mass is 9.95. The van der Waals surface area contributed by atoms with Crippen molar-refractivity contribution in [1.29, 1.82) is 0 Å². The first kappa shape index (κ1) is 19.6. The standard InChI is InChI=1S/C21H27N5O3/c1-14(27)17-4-3-5-18(12-17)29-15(2)21(28)25-9-6-16(7-10-25)20-24-23-19-13-22-8-11-26(19)20/h3-5,12,15-16,22H,6-11,13H2,1-2H3. The van der Waals surface area contributed by atoms with Crippen molar-refractivity contribution >= 4 is 11.7 Å². The van der Waals surface area contributed by atoms with Crippen LogP contribution in [-0.4, -0.2) is 57.1 Å². The number of hydrogen-bond acceptors (Lipinski definition) is 6. The van der Waals surface area contributed by atoms with Gasteiger partial charge < -0.3 is 19.5 Å². The molecule has 1 fully saturated rings. The van der Waals surface area contributed by atoms with Crippen LogP contribution in [0.4, 0.5) is 0 Å². The molecule has 1 aromatic heterocycles. The number of amides is 1. The summed E-state index contributed by atoms with van der Waals surface area (Å²) in [6, 6.07) is 6.96. The predicted molar refractivity (Wildman–Crippen MR) is 107 cm³/mol. The van der Waals surface area contributed by atoms with Crippen molar-refractivity contribution in [2.75, 3.05) is 19.6 Å². The van der Waals surface area contributed by atoms with E-state index in [0.717, 1.165) is 44.1 Å². The predicted octanol–water partition coefficient (Wildman–Crippen LogP) is 1.76. The number of benzene rings is 1. The molecule has 1 atom stereocenters. The van der Waals surface area contributed by atoms with Crippen molar-refractivity contribution in [3.05, 3.63) is 41.5 Å². The molecule has 1 unspecified atom stereocenters. The Hall–Kier alpha value is -2.74. The van der Waals surface area contributed by atoms with Crippen LogP contribution >= 0.6 is 0 Å². The number of fused-ring (bicyclic) bond motifs is 1. The van der Waals surface area contributed by atoms with E-state index in [1.165, 1.54) is 6.92 Å². The van der Waals surface area contributed by atoms with E-state index >= 15 is 0 Å². The molecule has 1 amide bonds. The average Bonchev–Trinajstić information content (AvgIpc) is 3.17. The number of rotatable bonds is 5. The zero-order valence-electron chi connectivity index (χ0n) is 16.9. The number of Topliss-reactive ketones (excluding diaryl/α,β-unsaturated/α-hetero) is 1. The molecule has 0 saturated carbocycles. The number of aromatic nitrogens is 3. The van der Waals surface area contributed by atoms with Gasteiger partial charge in [-0.1, -0.05) is 12.1 Å². The Morgan fingerprint density at radius 1 is 1.21 bits per heavy atom. The molecule has 2 aliphatic heterocycles. The van der Waals surface area contributed by atoms with Crippen molar-refractivity contribution in [3.8, 4) is 5.75 Å². The summed E-state index contributed by atoms with van der Waals surface area (Å²) >= 11 is 0. The van der Waals surface area contributed by atoms with Crippen LogP contribution in [0, 0.1) is 0 Å². The Bertz CT molecular complexity index is 901. The Kier molecular flexibility index (Phi) is 5.62. The molecule has 1 aromatic carbocycles. The van der Waals surface area contributed by atoms with Crippen molar-refractivity contribution < 1.29 is 14.3 Å². The normalized spacial score (nSPS) is 18.2. The Balaban J connectivity index is 1.34. The number of nitrogens with one attached hydrogen (secondary N) is 1. The third kappa shape index (κ3) is 4.17. The minimum atomic E-state index is -0.597. The zero-order valence-corrected chi connectivity index (χ0v) is 16.9. The summed E-state index contributed by atoms with van der Waals surface area (Å²) in [7, 11) is 0. The fourth-order valence-electron chi connectivity index (χ4n) is 4.07. The summed E-state index contributed by atoms with van der Waals surface area (Å²) < 4.78 is 8.05. The smallest absolute Gasteiger partial charge is 0.263 e. The van der Waals surface area contributed by atoms with Gasteiger partial charge in [0.2, 0.25) is 0 Å². The summed E-state index contributed by atoms with van der Waals surface area (Å²) in [5, 5.41) is 12.0. The van der Waals surface area contributed by atoms with Crippen LogP contribution < -0.4 is 10.1 Å². The maximum absolute atomic E-state index is 12.8.